The molecule has 0 aliphatic carbocycles. The van der Waals surface area contributed by atoms with Crippen molar-refractivity contribution in [1.82, 2.24) is 4.90 Å². The fourth-order valence-corrected chi connectivity index (χ4v) is 2.31. The molecule has 8 nitrogen and oxygen atoms in total. The third-order valence-corrected chi connectivity index (χ3v) is 3.62. The molecule has 1 saturated heterocycles. The van der Waals surface area contributed by atoms with Gasteiger partial charge in [-0.25, -0.2) is 0 Å². The van der Waals surface area contributed by atoms with Crippen LogP contribution < -0.4 is 4.90 Å². The van der Waals surface area contributed by atoms with Gasteiger partial charge in [0.25, 0.3) is 5.69 Å². The Labute approximate surface area is 116 Å². The number of hydrogen-bond acceptors (Lipinski definition) is 5. The van der Waals surface area contributed by atoms with Crippen LogP contribution in [0.1, 0.15) is 6.92 Å². The molecule has 20 heavy (non-hydrogen) atoms. The summed E-state index contributed by atoms with van der Waals surface area (Å²) in [6, 6.07) is 4.91. The van der Waals surface area contributed by atoms with Crippen molar-refractivity contribution >= 4 is 17.1 Å². The summed E-state index contributed by atoms with van der Waals surface area (Å²) in [5.74, 6) is 0. The molecule has 0 saturated carbocycles. The molecule has 0 aromatic heterocycles. The molecule has 1 unspecified atom stereocenters. The number of nitrogens with zero attached hydrogens (tertiary/aromatic N) is 6. The zero-order valence-electron chi connectivity index (χ0n) is 11.4. The van der Waals surface area contributed by atoms with Crippen LogP contribution in [0.15, 0.2) is 23.3 Å². The molecular weight excluding hydrogens is 260 g/mol. The lowest BCUT2D eigenvalue weighted by Crippen LogP contribution is -2.50. The summed E-state index contributed by atoms with van der Waals surface area (Å²) >= 11 is 0. The monoisotopic (exact) mass is 276 g/mol. The van der Waals surface area contributed by atoms with Crippen LogP contribution in [-0.4, -0.2) is 42.5 Å². The van der Waals surface area contributed by atoms with Crippen LogP contribution in [0.25, 0.3) is 10.4 Å². The number of hydrogen-bond donors (Lipinski definition) is 0. The van der Waals surface area contributed by atoms with Crippen molar-refractivity contribution in [2.24, 2.45) is 5.11 Å². The van der Waals surface area contributed by atoms with E-state index in [-0.39, 0.29) is 11.4 Å². The van der Waals surface area contributed by atoms with Crippen LogP contribution in [0.5, 0.6) is 0 Å². The second-order valence-electron chi connectivity index (χ2n) is 4.90. The average Bonchev–Trinajstić information content (AvgIpc) is 2.42. The van der Waals surface area contributed by atoms with Crippen molar-refractivity contribution in [2.75, 3.05) is 31.6 Å². The Balaban J connectivity index is 2.36. The third kappa shape index (κ3) is 2.81. The Morgan fingerprint density at radius 3 is 2.85 bits per heavy atom. The first-order chi connectivity index (χ1) is 9.52. The van der Waals surface area contributed by atoms with E-state index < -0.39 is 4.92 Å². The largest absolute Gasteiger partial charge is 0.363 e. The second-order valence-corrected chi connectivity index (χ2v) is 4.90. The van der Waals surface area contributed by atoms with E-state index in [0.717, 1.165) is 19.6 Å². The molecule has 1 aromatic rings. The number of piperazine rings is 1. The van der Waals surface area contributed by atoms with Gasteiger partial charge >= 0.3 is 0 Å². The number of anilines is 1. The van der Waals surface area contributed by atoms with Crippen molar-refractivity contribution < 1.29 is 4.92 Å². The van der Waals surface area contributed by atoms with Crippen molar-refractivity contribution in [3.05, 3.63) is 38.8 Å². The van der Waals surface area contributed by atoms with Gasteiger partial charge in [-0.3, -0.25) is 10.1 Å². The molecule has 1 atom stereocenters. The van der Waals surface area contributed by atoms with Gasteiger partial charge in [-0.05, 0) is 25.6 Å². The highest BCUT2D eigenvalue weighted by molar-refractivity contribution is 5.68. The van der Waals surface area contributed by atoms with E-state index in [9.17, 15) is 10.1 Å². The van der Waals surface area contributed by atoms with Crippen LogP contribution in [0.4, 0.5) is 17.1 Å². The number of likely N-dealkylation sites (N-methyl/N-ethyl adjacent to an activating group) is 1. The van der Waals surface area contributed by atoms with E-state index in [2.05, 4.69) is 21.8 Å². The van der Waals surface area contributed by atoms with Crippen LogP contribution in [0, 0.1) is 10.1 Å². The minimum Gasteiger partial charge on any atom is -0.363 e. The summed E-state index contributed by atoms with van der Waals surface area (Å²) in [6.45, 7) is 4.42. The molecule has 0 amide bonds. The predicted octanol–water partition coefficient (Wildman–Crippen LogP) is 2.68. The number of nitro benzene ring substituents is 1. The van der Waals surface area contributed by atoms with Gasteiger partial charge in [0, 0.05) is 42.3 Å². The van der Waals surface area contributed by atoms with Crippen molar-refractivity contribution in [2.45, 2.75) is 13.0 Å². The molecule has 1 aromatic carbocycles. The molecule has 106 valence electrons. The lowest BCUT2D eigenvalue weighted by atomic mass is 10.1. The molecule has 0 spiro atoms. The maximum Gasteiger partial charge on any atom is 0.292 e. The number of azide groups is 1. The summed E-state index contributed by atoms with van der Waals surface area (Å²) < 4.78 is 0. The van der Waals surface area contributed by atoms with Crippen molar-refractivity contribution in [3.8, 4) is 0 Å². The first-order valence-electron chi connectivity index (χ1n) is 6.31. The summed E-state index contributed by atoms with van der Waals surface area (Å²) in [7, 11) is 2.04. The molecule has 0 bridgehead atoms. The van der Waals surface area contributed by atoms with E-state index in [1.807, 2.05) is 11.9 Å². The van der Waals surface area contributed by atoms with Gasteiger partial charge in [0.15, 0.2) is 0 Å². The number of benzene rings is 1. The van der Waals surface area contributed by atoms with Gasteiger partial charge in [-0.1, -0.05) is 11.2 Å². The molecule has 8 heteroatoms. The lowest BCUT2D eigenvalue weighted by molar-refractivity contribution is -0.384. The van der Waals surface area contributed by atoms with Gasteiger partial charge in [-0.15, -0.1) is 0 Å². The summed E-state index contributed by atoms with van der Waals surface area (Å²) in [5, 5.41) is 14.6. The summed E-state index contributed by atoms with van der Waals surface area (Å²) in [6.07, 6.45) is 0. The fourth-order valence-electron chi connectivity index (χ4n) is 2.31. The summed E-state index contributed by atoms with van der Waals surface area (Å²) in [4.78, 5) is 17.6. The van der Waals surface area contributed by atoms with E-state index in [1.165, 1.54) is 6.07 Å². The van der Waals surface area contributed by atoms with E-state index in [0.29, 0.717) is 11.7 Å². The molecule has 1 heterocycles. The number of nitro groups is 1. The quantitative estimate of drug-likeness (QED) is 0.278. The Bertz CT molecular complexity index is 569. The smallest absolute Gasteiger partial charge is 0.292 e. The maximum absolute atomic E-state index is 11.2. The van der Waals surface area contributed by atoms with Gasteiger partial charge in [0.05, 0.1) is 4.92 Å². The Hall–Kier alpha value is -2.31. The van der Waals surface area contributed by atoms with Gasteiger partial charge in [-0.2, -0.15) is 0 Å². The lowest BCUT2D eigenvalue weighted by Gasteiger charge is -2.38. The van der Waals surface area contributed by atoms with Crippen molar-refractivity contribution in [1.29, 1.82) is 0 Å². The van der Waals surface area contributed by atoms with Crippen molar-refractivity contribution in [3.63, 3.8) is 0 Å². The third-order valence-electron chi connectivity index (χ3n) is 3.62. The Morgan fingerprint density at radius 1 is 1.50 bits per heavy atom. The molecular formula is C12H16N6O2. The minimum absolute atomic E-state index is 0.0216. The first kappa shape index (κ1) is 14.1. The minimum atomic E-state index is -0.436. The highest BCUT2D eigenvalue weighted by Crippen LogP contribution is 2.33. The fraction of sp³-hybridized carbons (Fsp3) is 0.500. The van der Waals surface area contributed by atoms with Gasteiger partial charge in [0.1, 0.15) is 5.69 Å². The van der Waals surface area contributed by atoms with Crippen LogP contribution in [0.2, 0.25) is 0 Å². The molecule has 1 fully saturated rings. The topological polar surface area (TPSA) is 98.4 Å². The predicted molar refractivity (Wildman–Crippen MR) is 76.2 cm³/mol. The molecule has 0 N–H and O–H groups in total. The van der Waals surface area contributed by atoms with Crippen LogP contribution in [0.3, 0.4) is 0 Å². The van der Waals surface area contributed by atoms with E-state index in [1.54, 1.807) is 12.1 Å². The maximum atomic E-state index is 11.2. The highest BCUT2D eigenvalue weighted by Gasteiger charge is 2.26. The molecule has 1 aliphatic heterocycles. The number of rotatable bonds is 3. The normalized spacial score (nSPS) is 19.5. The van der Waals surface area contributed by atoms with Crippen LogP contribution in [-0.2, 0) is 0 Å². The Morgan fingerprint density at radius 2 is 2.25 bits per heavy atom. The standard InChI is InChI=1S/C12H16N6O2/c1-9-8-17(6-5-16(9)2)11-4-3-10(14-15-13)7-12(11)18(19)20/h3-4,7,9H,5-6,8H2,1-2H3. The van der Waals surface area contributed by atoms with Crippen LogP contribution >= 0.6 is 0 Å². The molecule has 0 radical (unpaired) electrons. The van der Waals surface area contributed by atoms with E-state index in [4.69, 9.17) is 5.53 Å². The average molecular weight is 276 g/mol. The zero-order valence-corrected chi connectivity index (χ0v) is 11.4. The summed E-state index contributed by atoms with van der Waals surface area (Å²) in [5.41, 5.74) is 9.21. The zero-order chi connectivity index (χ0) is 14.7. The SMILES string of the molecule is CC1CN(c2ccc(N=[N+]=[N-])cc2[N+](=O)[O-])CCN1C. The highest BCUT2D eigenvalue weighted by atomic mass is 16.6. The van der Waals surface area contributed by atoms with Gasteiger partial charge in [0.2, 0.25) is 0 Å². The molecule has 2 rings (SSSR count). The van der Waals surface area contributed by atoms with Gasteiger partial charge < -0.3 is 9.80 Å². The molecule has 1 aliphatic rings. The second kappa shape index (κ2) is 5.77. The van der Waals surface area contributed by atoms with E-state index >= 15 is 0 Å². The first-order valence-corrected chi connectivity index (χ1v) is 6.31. The Kier molecular flexibility index (Phi) is 4.07.